The third-order valence-corrected chi connectivity index (χ3v) is 4.79. The van der Waals surface area contributed by atoms with Crippen LogP contribution < -0.4 is 5.32 Å². The number of amides is 2. The normalized spacial score (nSPS) is 16.9. The van der Waals surface area contributed by atoms with Crippen molar-refractivity contribution in [1.82, 2.24) is 10.2 Å². The first kappa shape index (κ1) is 23.7. The van der Waals surface area contributed by atoms with E-state index in [1.807, 2.05) is 6.08 Å². The molecule has 0 aliphatic carbocycles. The van der Waals surface area contributed by atoms with Crippen molar-refractivity contribution in [3.63, 3.8) is 0 Å². The predicted octanol–water partition coefficient (Wildman–Crippen LogP) is 3.35. The van der Waals surface area contributed by atoms with E-state index in [1.54, 1.807) is 6.08 Å². The van der Waals surface area contributed by atoms with Gasteiger partial charge in [0.25, 0.3) is 0 Å². The van der Waals surface area contributed by atoms with Gasteiger partial charge >= 0.3 is 12.1 Å². The van der Waals surface area contributed by atoms with E-state index in [4.69, 9.17) is 9.47 Å². The summed E-state index contributed by atoms with van der Waals surface area (Å²) in [5, 5.41) is 2.69. The van der Waals surface area contributed by atoms with Crippen LogP contribution in [-0.4, -0.2) is 55.2 Å². The molecule has 158 valence electrons. The van der Waals surface area contributed by atoms with Crippen molar-refractivity contribution in [2.45, 2.75) is 69.9 Å². The molecule has 1 aliphatic heterocycles. The molecule has 1 rings (SSSR count). The van der Waals surface area contributed by atoms with Crippen LogP contribution in [-0.2, 0) is 19.1 Å². The minimum atomic E-state index is -0.708. The Morgan fingerprint density at radius 2 is 1.86 bits per heavy atom. The van der Waals surface area contributed by atoms with E-state index in [-0.39, 0.29) is 12.5 Å². The van der Waals surface area contributed by atoms with Crippen LogP contribution in [0.15, 0.2) is 25.3 Å². The lowest BCUT2D eigenvalue weighted by Gasteiger charge is -2.27. The number of likely N-dealkylation sites (tertiary alicyclic amines) is 1. The topological polar surface area (TPSA) is 84.9 Å². The highest BCUT2D eigenvalue weighted by Crippen LogP contribution is 2.21. The molecule has 1 saturated heterocycles. The number of carbonyl (C=O) groups excluding carboxylic acids is 3. The maximum atomic E-state index is 13.0. The Morgan fingerprint density at radius 3 is 2.54 bits per heavy atom. The zero-order valence-electron chi connectivity index (χ0n) is 17.0. The van der Waals surface area contributed by atoms with Gasteiger partial charge in [-0.05, 0) is 44.9 Å². The van der Waals surface area contributed by atoms with Crippen LogP contribution in [0, 0.1) is 0 Å². The molecule has 1 aliphatic rings. The number of alkyl carbamates (subject to hydrolysis) is 1. The maximum Gasteiger partial charge on any atom is 0.407 e. The minimum absolute atomic E-state index is 0.250. The summed E-state index contributed by atoms with van der Waals surface area (Å²) in [7, 11) is 1.32. The highest BCUT2D eigenvalue weighted by molar-refractivity contribution is 5.90. The highest BCUT2D eigenvalue weighted by atomic mass is 16.5. The number of carbonyl (C=O) groups is 3. The molecule has 0 radical (unpaired) electrons. The standard InChI is InChI=1S/C21H34N2O5/c1-4-6-8-9-10-13-17(22-21(26)28-16-11-7-5-2)19(24)23-15-12-14-18(23)20(25)27-3/h4-5,17-18H,1-2,6-16H2,3H3,(H,22,26)/t17-,18-/m0/s1. The van der Waals surface area contributed by atoms with E-state index < -0.39 is 24.1 Å². The van der Waals surface area contributed by atoms with Crippen LogP contribution in [0.3, 0.4) is 0 Å². The summed E-state index contributed by atoms with van der Waals surface area (Å²) in [6.45, 7) is 8.09. The van der Waals surface area contributed by atoms with E-state index in [9.17, 15) is 14.4 Å². The zero-order valence-corrected chi connectivity index (χ0v) is 17.0. The first-order chi connectivity index (χ1) is 13.5. The number of allylic oxidation sites excluding steroid dienone is 2. The number of nitrogens with zero attached hydrogens (tertiary/aromatic N) is 1. The van der Waals surface area contributed by atoms with Crippen LogP contribution in [0.25, 0.3) is 0 Å². The second-order valence-electron chi connectivity index (χ2n) is 6.90. The van der Waals surface area contributed by atoms with Gasteiger partial charge in [0.05, 0.1) is 13.7 Å². The summed E-state index contributed by atoms with van der Waals surface area (Å²) in [5.74, 6) is -0.665. The number of rotatable bonds is 13. The van der Waals surface area contributed by atoms with Gasteiger partial charge in [-0.1, -0.05) is 25.0 Å². The van der Waals surface area contributed by atoms with Crippen molar-refractivity contribution in [1.29, 1.82) is 0 Å². The summed E-state index contributed by atoms with van der Waals surface area (Å²) in [5.41, 5.74) is 0. The third-order valence-electron chi connectivity index (χ3n) is 4.79. The van der Waals surface area contributed by atoms with Crippen molar-refractivity contribution < 1.29 is 23.9 Å². The quantitative estimate of drug-likeness (QED) is 0.294. The van der Waals surface area contributed by atoms with Gasteiger partial charge in [-0.15, -0.1) is 13.2 Å². The van der Waals surface area contributed by atoms with Crippen molar-refractivity contribution in [2.24, 2.45) is 0 Å². The smallest absolute Gasteiger partial charge is 0.407 e. The Hall–Kier alpha value is -2.31. The number of hydrogen-bond donors (Lipinski definition) is 1. The number of nitrogens with one attached hydrogen (secondary N) is 1. The number of esters is 1. The summed E-state index contributed by atoms with van der Waals surface area (Å²) in [6, 6.07) is -1.29. The number of hydrogen-bond acceptors (Lipinski definition) is 5. The van der Waals surface area contributed by atoms with Crippen molar-refractivity contribution in [3.05, 3.63) is 25.3 Å². The lowest BCUT2D eigenvalue weighted by atomic mass is 10.1. The van der Waals surface area contributed by atoms with Crippen molar-refractivity contribution in [2.75, 3.05) is 20.3 Å². The Morgan fingerprint density at radius 1 is 1.14 bits per heavy atom. The van der Waals surface area contributed by atoms with E-state index in [1.165, 1.54) is 12.0 Å². The average molecular weight is 395 g/mol. The Kier molecular flexibility index (Phi) is 11.7. The Bertz CT molecular complexity index is 535. The molecule has 0 aromatic carbocycles. The molecule has 0 aromatic rings. The van der Waals surface area contributed by atoms with Gasteiger partial charge in [-0.2, -0.15) is 0 Å². The largest absolute Gasteiger partial charge is 0.467 e. The van der Waals surface area contributed by atoms with Crippen LogP contribution >= 0.6 is 0 Å². The molecule has 1 heterocycles. The molecule has 0 bridgehead atoms. The summed E-state index contributed by atoms with van der Waals surface area (Å²) >= 11 is 0. The van der Waals surface area contributed by atoms with E-state index >= 15 is 0 Å². The van der Waals surface area contributed by atoms with Gasteiger partial charge in [0.2, 0.25) is 5.91 Å². The molecule has 2 amide bonds. The van der Waals surface area contributed by atoms with E-state index in [2.05, 4.69) is 18.5 Å². The maximum absolute atomic E-state index is 13.0. The van der Waals surface area contributed by atoms with Crippen molar-refractivity contribution >= 4 is 18.0 Å². The lowest BCUT2D eigenvalue weighted by Crippen LogP contribution is -2.52. The SMILES string of the molecule is C=CCCCCC[C@H](NC(=O)OCCCC=C)C(=O)N1CCC[C@H]1C(=O)OC. The average Bonchev–Trinajstić information content (AvgIpc) is 3.19. The molecule has 7 nitrogen and oxygen atoms in total. The molecule has 1 N–H and O–H groups in total. The number of methoxy groups -OCH3 is 1. The zero-order chi connectivity index (χ0) is 20.8. The van der Waals surface area contributed by atoms with E-state index in [0.29, 0.717) is 25.8 Å². The molecule has 1 fully saturated rings. The molecule has 0 unspecified atom stereocenters. The third kappa shape index (κ3) is 8.15. The van der Waals surface area contributed by atoms with Crippen LogP contribution in [0.4, 0.5) is 4.79 Å². The number of unbranched alkanes of at least 4 members (excludes halogenated alkanes) is 4. The fourth-order valence-electron chi connectivity index (χ4n) is 3.26. The molecular formula is C21H34N2O5. The molecule has 0 saturated carbocycles. The van der Waals surface area contributed by atoms with Gasteiger partial charge in [-0.25, -0.2) is 9.59 Å². The second kappa shape index (κ2) is 13.8. The fraction of sp³-hybridized carbons (Fsp3) is 0.667. The second-order valence-corrected chi connectivity index (χ2v) is 6.90. The summed E-state index contributed by atoms with van der Waals surface area (Å²) in [6.07, 6.45) is 9.93. The van der Waals surface area contributed by atoms with Crippen LogP contribution in [0.2, 0.25) is 0 Å². The lowest BCUT2D eigenvalue weighted by molar-refractivity contribution is -0.151. The number of ether oxygens (including phenoxy) is 2. The molecule has 0 aromatic heterocycles. The Labute approximate surface area is 168 Å². The van der Waals surface area contributed by atoms with E-state index in [0.717, 1.165) is 38.5 Å². The minimum Gasteiger partial charge on any atom is -0.467 e. The highest BCUT2D eigenvalue weighted by Gasteiger charge is 2.38. The van der Waals surface area contributed by atoms with Gasteiger partial charge in [-0.3, -0.25) is 4.79 Å². The first-order valence-electron chi connectivity index (χ1n) is 10.1. The monoisotopic (exact) mass is 394 g/mol. The van der Waals surface area contributed by atoms with Gasteiger partial charge < -0.3 is 19.7 Å². The van der Waals surface area contributed by atoms with Crippen LogP contribution in [0.1, 0.15) is 57.8 Å². The van der Waals surface area contributed by atoms with Crippen LogP contribution in [0.5, 0.6) is 0 Å². The first-order valence-corrected chi connectivity index (χ1v) is 10.1. The van der Waals surface area contributed by atoms with Gasteiger partial charge in [0, 0.05) is 6.54 Å². The molecule has 2 atom stereocenters. The fourth-order valence-corrected chi connectivity index (χ4v) is 3.26. The molecule has 0 spiro atoms. The molecular weight excluding hydrogens is 360 g/mol. The van der Waals surface area contributed by atoms with Crippen molar-refractivity contribution in [3.8, 4) is 0 Å². The predicted molar refractivity (Wildman–Crippen MR) is 108 cm³/mol. The van der Waals surface area contributed by atoms with Gasteiger partial charge in [0.15, 0.2) is 0 Å². The summed E-state index contributed by atoms with van der Waals surface area (Å²) < 4.78 is 9.97. The Balaban J connectivity index is 2.68. The summed E-state index contributed by atoms with van der Waals surface area (Å²) in [4.78, 5) is 38.6. The molecule has 7 heteroatoms. The van der Waals surface area contributed by atoms with Gasteiger partial charge in [0.1, 0.15) is 12.1 Å². The molecule has 28 heavy (non-hydrogen) atoms.